The SMILES string of the molecule is CN1COCc2c1nc(OCCOc1cccc(OC(F)(F)F)c1)n2C. The number of alkyl halides is 3. The summed E-state index contributed by atoms with van der Waals surface area (Å²) in [6.45, 7) is 1.23. The first-order valence-electron chi connectivity index (χ1n) is 7.79. The molecule has 3 rings (SSSR count). The second kappa shape index (κ2) is 7.32. The summed E-state index contributed by atoms with van der Waals surface area (Å²) >= 11 is 0. The van der Waals surface area contributed by atoms with Crippen LogP contribution >= 0.6 is 0 Å². The topological polar surface area (TPSA) is 58.0 Å². The smallest absolute Gasteiger partial charge is 0.490 e. The van der Waals surface area contributed by atoms with Crippen molar-refractivity contribution < 1.29 is 32.1 Å². The molecule has 1 aliphatic rings. The lowest BCUT2D eigenvalue weighted by atomic mass is 10.3. The standard InChI is InChI=1S/C16H18F3N3O4/c1-21-10-23-9-13-14(21)20-15(22(13)2)25-7-6-24-11-4-3-5-12(8-11)26-16(17,18)19/h3-5,8H,6-7,9-10H2,1-2H3. The van der Waals surface area contributed by atoms with Gasteiger partial charge in [-0.1, -0.05) is 6.07 Å². The molecular weight excluding hydrogens is 355 g/mol. The van der Waals surface area contributed by atoms with Crippen molar-refractivity contribution >= 4 is 5.82 Å². The molecule has 0 atom stereocenters. The number of halogens is 3. The lowest BCUT2D eigenvalue weighted by Crippen LogP contribution is -2.27. The minimum Gasteiger partial charge on any atom is -0.490 e. The van der Waals surface area contributed by atoms with Gasteiger partial charge in [-0.05, 0) is 12.1 Å². The number of aromatic nitrogens is 2. The van der Waals surface area contributed by atoms with E-state index in [0.717, 1.165) is 11.5 Å². The van der Waals surface area contributed by atoms with Crippen LogP contribution in [0, 0.1) is 0 Å². The lowest BCUT2D eigenvalue weighted by Gasteiger charge is -2.23. The third-order valence-electron chi connectivity index (χ3n) is 3.66. The Bertz CT molecular complexity index is 764. The zero-order valence-corrected chi connectivity index (χ0v) is 14.2. The molecule has 2 aromatic rings. The van der Waals surface area contributed by atoms with Gasteiger partial charge in [0.15, 0.2) is 5.82 Å². The first-order valence-corrected chi connectivity index (χ1v) is 7.79. The summed E-state index contributed by atoms with van der Waals surface area (Å²) < 4.78 is 58.8. The van der Waals surface area contributed by atoms with E-state index < -0.39 is 6.36 Å². The van der Waals surface area contributed by atoms with Crippen LogP contribution in [0.5, 0.6) is 17.5 Å². The van der Waals surface area contributed by atoms with Crippen LogP contribution < -0.4 is 19.1 Å². The Morgan fingerprint density at radius 2 is 1.88 bits per heavy atom. The van der Waals surface area contributed by atoms with Crippen LogP contribution in [-0.2, 0) is 18.4 Å². The summed E-state index contributed by atoms with van der Waals surface area (Å²) in [6.07, 6.45) is -4.74. The first-order chi connectivity index (χ1) is 12.3. The van der Waals surface area contributed by atoms with Crippen molar-refractivity contribution in [2.24, 2.45) is 7.05 Å². The van der Waals surface area contributed by atoms with Crippen LogP contribution in [-0.4, -0.2) is 42.9 Å². The van der Waals surface area contributed by atoms with E-state index in [1.807, 2.05) is 19.0 Å². The highest BCUT2D eigenvalue weighted by molar-refractivity contribution is 5.46. The zero-order chi connectivity index (χ0) is 18.7. The molecule has 0 saturated heterocycles. The fourth-order valence-electron chi connectivity index (χ4n) is 2.49. The van der Waals surface area contributed by atoms with Crippen molar-refractivity contribution in [2.75, 3.05) is 31.9 Å². The minimum atomic E-state index is -4.74. The lowest BCUT2D eigenvalue weighted by molar-refractivity contribution is -0.274. The molecule has 0 saturated carbocycles. The van der Waals surface area contributed by atoms with Crippen LogP contribution in [0.1, 0.15) is 5.69 Å². The van der Waals surface area contributed by atoms with E-state index in [2.05, 4.69) is 9.72 Å². The third kappa shape index (κ3) is 4.31. The zero-order valence-electron chi connectivity index (χ0n) is 14.2. The number of benzene rings is 1. The Balaban J connectivity index is 1.53. The minimum absolute atomic E-state index is 0.138. The molecule has 0 unspecified atom stereocenters. The second-order valence-corrected chi connectivity index (χ2v) is 5.62. The number of anilines is 1. The van der Waals surface area contributed by atoms with Gasteiger partial charge in [0, 0.05) is 20.2 Å². The molecule has 0 fully saturated rings. The summed E-state index contributed by atoms with van der Waals surface area (Å²) in [7, 11) is 3.69. The molecule has 0 bridgehead atoms. The molecular formula is C16H18F3N3O4. The molecule has 1 aliphatic heterocycles. The van der Waals surface area contributed by atoms with E-state index in [9.17, 15) is 13.2 Å². The molecule has 0 N–H and O–H groups in total. The summed E-state index contributed by atoms with van der Waals surface area (Å²) in [4.78, 5) is 6.29. The first kappa shape index (κ1) is 18.2. The van der Waals surface area contributed by atoms with E-state index in [1.165, 1.54) is 24.3 Å². The number of hydrogen-bond acceptors (Lipinski definition) is 6. The van der Waals surface area contributed by atoms with Gasteiger partial charge in [0.25, 0.3) is 6.01 Å². The van der Waals surface area contributed by atoms with Gasteiger partial charge in [-0.25, -0.2) is 0 Å². The van der Waals surface area contributed by atoms with E-state index >= 15 is 0 Å². The Kier molecular flexibility index (Phi) is 5.12. The van der Waals surface area contributed by atoms with E-state index in [0.29, 0.717) is 19.3 Å². The van der Waals surface area contributed by atoms with Gasteiger partial charge in [0.1, 0.15) is 31.4 Å². The molecule has 0 amide bonds. The number of fused-ring (bicyclic) bond motifs is 1. The Labute approximate surface area is 147 Å². The van der Waals surface area contributed by atoms with Crippen LogP contribution in [0.3, 0.4) is 0 Å². The molecule has 2 heterocycles. The molecule has 142 valence electrons. The summed E-state index contributed by atoms with van der Waals surface area (Å²) in [5.41, 5.74) is 0.909. The van der Waals surface area contributed by atoms with Crippen LogP contribution in [0.25, 0.3) is 0 Å². The van der Waals surface area contributed by atoms with Crippen molar-refractivity contribution in [2.45, 2.75) is 13.0 Å². The van der Waals surface area contributed by atoms with Crippen LogP contribution in [0.4, 0.5) is 19.0 Å². The fourth-order valence-corrected chi connectivity index (χ4v) is 2.49. The summed E-state index contributed by atoms with van der Waals surface area (Å²) in [6, 6.07) is 5.74. The van der Waals surface area contributed by atoms with Gasteiger partial charge in [0.05, 0.1) is 12.3 Å². The van der Waals surface area contributed by atoms with Gasteiger partial charge in [-0.3, -0.25) is 4.57 Å². The third-order valence-corrected chi connectivity index (χ3v) is 3.66. The molecule has 0 radical (unpaired) electrons. The highest BCUT2D eigenvalue weighted by Gasteiger charge is 2.31. The van der Waals surface area contributed by atoms with Crippen molar-refractivity contribution in [1.29, 1.82) is 0 Å². The number of hydrogen-bond donors (Lipinski definition) is 0. The maximum absolute atomic E-state index is 12.2. The number of nitrogens with zero attached hydrogens (tertiary/aromatic N) is 3. The van der Waals surface area contributed by atoms with Gasteiger partial charge in [-0.15, -0.1) is 13.2 Å². The largest absolute Gasteiger partial charge is 0.573 e. The molecule has 26 heavy (non-hydrogen) atoms. The normalized spacial score (nSPS) is 14.1. The predicted molar refractivity (Wildman–Crippen MR) is 85.4 cm³/mol. The Hall–Kier alpha value is -2.62. The molecule has 1 aromatic carbocycles. The maximum atomic E-state index is 12.2. The van der Waals surface area contributed by atoms with Gasteiger partial charge >= 0.3 is 6.36 Å². The Morgan fingerprint density at radius 1 is 1.15 bits per heavy atom. The summed E-state index contributed by atoms with van der Waals surface area (Å²) in [5, 5.41) is 0. The highest BCUT2D eigenvalue weighted by atomic mass is 19.4. The van der Waals surface area contributed by atoms with Crippen LogP contribution in [0.15, 0.2) is 24.3 Å². The van der Waals surface area contributed by atoms with Crippen molar-refractivity contribution in [3.8, 4) is 17.5 Å². The molecule has 7 nitrogen and oxygen atoms in total. The van der Waals surface area contributed by atoms with Crippen LogP contribution in [0.2, 0.25) is 0 Å². The van der Waals surface area contributed by atoms with Gasteiger partial charge in [0.2, 0.25) is 0 Å². The average Bonchev–Trinajstić information content (AvgIpc) is 2.88. The van der Waals surface area contributed by atoms with Crippen molar-refractivity contribution in [3.05, 3.63) is 30.0 Å². The van der Waals surface area contributed by atoms with Gasteiger partial charge in [-0.2, -0.15) is 4.98 Å². The fraction of sp³-hybridized carbons (Fsp3) is 0.438. The monoisotopic (exact) mass is 373 g/mol. The second-order valence-electron chi connectivity index (χ2n) is 5.62. The summed E-state index contributed by atoms with van der Waals surface area (Å²) in [5.74, 6) is 0.713. The number of rotatable bonds is 6. The molecule has 10 heteroatoms. The quantitative estimate of drug-likeness (QED) is 0.726. The van der Waals surface area contributed by atoms with E-state index in [-0.39, 0.29) is 24.7 Å². The Morgan fingerprint density at radius 3 is 2.62 bits per heavy atom. The van der Waals surface area contributed by atoms with E-state index in [1.54, 1.807) is 4.57 Å². The maximum Gasteiger partial charge on any atom is 0.573 e. The highest BCUT2D eigenvalue weighted by Crippen LogP contribution is 2.28. The number of imidazole rings is 1. The van der Waals surface area contributed by atoms with Crippen molar-refractivity contribution in [1.82, 2.24) is 9.55 Å². The predicted octanol–water partition coefficient (Wildman–Crippen LogP) is 2.70. The molecule has 0 aliphatic carbocycles. The van der Waals surface area contributed by atoms with E-state index in [4.69, 9.17) is 14.2 Å². The average molecular weight is 373 g/mol. The molecule has 1 aromatic heterocycles. The van der Waals surface area contributed by atoms with Crippen molar-refractivity contribution in [3.63, 3.8) is 0 Å². The molecule has 0 spiro atoms. The number of ether oxygens (including phenoxy) is 4. The van der Waals surface area contributed by atoms with Gasteiger partial charge < -0.3 is 23.8 Å².